The van der Waals surface area contributed by atoms with Crippen molar-refractivity contribution < 1.29 is 14.3 Å². The quantitative estimate of drug-likeness (QED) is 0.592. The highest BCUT2D eigenvalue weighted by molar-refractivity contribution is 6.10. The summed E-state index contributed by atoms with van der Waals surface area (Å²) in [4.78, 5) is 17.2. The van der Waals surface area contributed by atoms with Crippen LogP contribution in [0.2, 0.25) is 0 Å². The van der Waals surface area contributed by atoms with Gasteiger partial charge < -0.3 is 14.8 Å². The van der Waals surface area contributed by atoms with Gasteiger partial charge in [0.05, 0.1) is 19.8 Å². The van der Waals surface area contributed by atoms with Crippen molar-refractivity contribution in [3.05, 3.63) is 59.7 Å². The van der Waals surface area contributed by atoms with Crippen LogP contribution in [0.3, 0.4) is 0 Å². The Morgan fingerprint density at radius 2 is 2.07 bits per heavy atom. The molecule has 2 aromatic rings. The van der Waals surface area contributed by atoms with Crippen molar-refractivity contribution in [2.75, 3.05) is 25.6 Å². The van der Waals surface area contributed by atoms with Gasteiger partial charge in [-0.25, -0.2) is 4.99 Å². The third-order valence-electron chi connectivity index (χ3n) is 4.67. The molecule has 1 aliphatic heterocycles. The molecule has 1 amide bonds. The Balaban J connectivity index is 1.73. The third kappa shape index (κ3) is 5.57. The summed E-state index contributed by atoms with van der Waals surface area (Å²) in [5, 5.41) is 6.07. The van der Waals surface area contributed by atoms with Gasteiger partial charge in [-0.3, -0.25) is 10.1 Å². The minimum absolute atomic E-state index is 0.0999. The summed E-state index contributed by atoms with van der Waals surface area (Å²) in [6.07, 6.45) is 3.08. The summed E-state index contributed by atoms with van der Waals surface area (Å²) in [6.45, 7) is 3.36. The first-order valence-electron chi connectivity index (χ1n) is 9.65. The molecule has 1 atom stereocenters. The van der Waals surface area contributed by atoms with E-state index in [-0.39, 0.29) is 12.0 Å². The van der Waals surface area contributed by atoms with Crippen molar-refractivity contribution in [1.82, 2.24) is 5.32 Å². The second-order valence-electron chi connectivity index (χ2n) is 6.69. The van der Waals surface area contributed by atoms with Crippen molar-refractivity contribution in [2.45, 2.75) is 32.3 Å². The number of rotatable bonds is 6. The predicted molar refractivity (Wildman–Crippen MR) is 111 cm³/mol. The minimum atomic E-state index is -0.205. The normalized spacial score (nSPS) is 16.6. The van der Waals surface area contributed by atoms with Gasteiger partial charge in [0.1, 0.15) is 5.75 Å². The van der Waals surface area contributed by atoms with Crippen LogP contribution in [0.1, 0.15) is 35.7 Å². The van der Waals surface area contributed by atoms with E-state index in [2.05, 4.69) is 22.5 Å². The van der Waals surface area contributed by atoms with Gasteiger partial charge in [-0.05, 0) is 49.1 Å². The van der Waals surface area contributed by atoms with Crippen molar-refractivity contribution >= 4 is 17.6 Å². The molecule has 1 fully saturated rings. The zero-order valence-corrected chi connectivity index (χ0v) is 16.4. The van der Waals surface area contributed by atoms with Crippen LogP contribution >= 0.6 is 0 Å². The zero-order valence-electron chi connectivity index (χ0n) is 16.4. The highest BCUT2D eigenvalue weighted by atomic mass is 16.5. The molecule has 1 saturated heterocycles. The van der Waals surface area contributed by atoms with Gasteiger partial charge in [0, 0.05) is 23.9 Å². The fraction of sp³-hybridized carbons (Fsp3) is 0.364. The predicted octanol–water partition coefficient (Wildman–Crippen LogP) is 3.63. The summed E-state index contributed by atoms with van der Waals surface area (Å²) in [6, 6.07) is 15.1. The lowest BCUT2D eigenvalue weighted by atomic mass is 10.1. The first-order chi connectivity index (χ1) is 13.7. The van der Waals surface area contributed by atoms with Crippen molar-refractivity contribution in [3.63, 3.8) is 0 Å². The van der Waals surface area contributed by atoms with Gasteiger partial charge >= 0.3 is 0 Å². The number of aliphatic imine (C=N–C) groups is 1. The van der Waals surface area contributed by atoms with Gasteiger partial charge in [0.25, 0.3) is 5.91 Å². The van der Waals surface area contributed by atoms with E-state index in [9.17, 15) is 4.79 Å². The fourth-order valence-corrected chi connectivity index (χ4v) is 3.00. The third-order valence-corrected chi connectivity index (χ3v) is 4.67. The molecule has 1 aliphatic rings. The van der Waals surface area contributed by atoms with Gasteiger partial charge in [-0.2, -0.15) is 0 Å². The van der Waals surface area contributed by atoms with E-state index in [0.717, 1.165) is 37.3 Å². The molecule has 0 radical (unpaired) electrons. The highest BCUT2D eigenvalue weighted by Gasteiger charge is 2.16. The molecule has 0 unspecified atom stereocenters. The first-order valence-corrected chi connectivity index (χ1v) is 9.65. The number of benzene rings is 2. The van der Waals surface area contributed by atoms with Crippen LogP contribution in [0.15, 0.2) is 53.5 Å². The van der Waals surface area contributed by atoms with Gasteiger partial charge in [0.15, 0.2) is 0 Å². The molecular weight excluding hydrogens is 354 g/mol. The molecule has 28 heavy (non-hydrogen) atoms. The molecule has 1 heterocycles. The maximum atomic E-state index is 12.7. The number of ether oxygens (including phenoxy) is 2. The van der Waals surface area contributed by atoms with E-state index in [1.165, 1.54) is 5.56 Å². The van der Waals surface area contributed by atoms with Crippen molar-refractivity contribution in [1.29, 1.82) is 0 Å². The minimum Gasteiger partial charge on any atom is -0.497 e. The smallest absolute Gasteiger partial charge is 0.257 e. The van der Waals surface area contributed by atoms with Crippen LogP contribution in [-0.4, -0.2) is 38.2 Å². The Labute approximate surface area is 166 Å². The summed E-state index contributed by atoms with van der Waals surface area (Å²) in [5.41, 5.74) is 2.57. The molecule has 0 spiro atoms. The lowest BCUT2D eigenvalue weighted by molar-refractivity contribution is 0.0975. The van der Waals surface area contributed by atoms with Crippen LogP contribution in [-0.2, 0) is 11.2 Å². The maximum Gasteiger partial charge on any atom is 0.257 e. The molecular formula is C22H27N3O3. The Bertz CT molecular complexity index is 812. The lowest BCUT2D eigenvalue weighted by Gasteiger charge is -2.14. The van der Waals surface area contributed by atoms with Gasteiger partial charge in [0.2, 0.25) is 5.96 Å². The van der Waals surface area contributed by atoms with Crippen LogP contribution in [0, 0.1) is 0 Å². The number of amides is 1. The molecule has 3 rings (SSSR count). The van der Waals surface area contributed by atoms with Crippen LogP contribution in [0.25, 0.3) is 0 Å². The SMILES string of the molecule is CCc1ccc(C(=O)NC(=NC[C@H]2CCCO2)Nc2cccc(OC)c2)cc1. The molecule has 6 nitrogen and oxygen atoms in total. The maximum absolute atomic E-state index is 12.7. The highest BCUT2D eigenvalue weighted by Crippen LogP contribution is 2.17. The average molecular weight is 381 g/mol. The summed E-state index contributed by atoms with van der Waals surface area (Å²) < 4.78 is 10.9. The van der Waals surface area contributed by atoms with E-state index in [0.29, 0.717) is 18.1 Å². The fourth-order valence-electron chi connectivity index (χ4n) is 3.00. The zero-order chi connectivity index (χ0) is 19.8. The Morgan fingerprint density at radius 3 is 2.75 bits per heavy atom. The molecule has 0 saturated carbocycles. The molecule has 148 valence electrons. The summed E-state index contributed by atoms with van der Waals surface area (Å²) in [5.74, 6) is 0.919. The monoisotopic (exact) mass is 381 g/mol. The first kappa shape index (κ1) is 19.9. The number of methoxy groups -OCH3 is 1. The Morgan fingerprint density at radius 1 is 1.25 bits per heavy atom. The van der Waals surface area contributed by atoms with Gasteiger partial charge in [-0.15, -0.1) is 0 Å². The van der Waals surface area contributed by atoms with E-state index < -0.39 is 0 Å². The second-order valence-corrected chi connectivity index (χ2v) is 6.69. The number of carbonyl (C=O) groups excluding carboxylic acids is 1. The van der Waals surface area contributed by atoms with Crippen LogP contribution in [0.4, 0.5) is 5.69 Å². The number of nitrogens with zero attached hydrogens (tertiary/aromatic N) is 1. The van der Waals surface area contributed by atoms with E-state index in [1.54, 1.807) is 7.11 Å². The second kappa shape index (κ2) is 9.90. The average Bonchev–Trinajstić information content (AvgIpc) is 3.26. The lowest BCUT2D eigenvalue weighted by Crippen LogP contribution is -2.36. The molecule has 0 aliphatic carbocycles. The number of guanidine groups is 1. The Hall–Kier alpha value is -2.86. The molecule has 0 bridgehead atoms. The number of aryl methyl sites for hydroxylation is 1. The molecule has 6 heteroatoms. The summed E-state index contributed by atoms with van der Waals surface area (Å²) in [7, 11) is 1.62. The molecule has 2 N–H and O–H groups in total. The number of nitrogens with one attached hydrogen (secondary N) is 2. The van der Waals surface area contributed by atoms with E-state index >= 15 is 0 Å². The van der Waals surface area contributed by atoms with E-state index in [1.807, 2.05) is 48.5 Å². The number of hydrogen-bond acceptors (Lipinski definition) is 4. The number of carbonyl (C=O) groups is 1. The van der Waals surface area contributed by atoms with Crippen LogP contribution < -0.4 is 15.4 Å². The molecule has 0 aromatic heterocycles. The van der Waals surface area contributed by atoms with Gasteiger partial charge in [-0.1, -0.05) is 25.1 Å². The van der Waals surface area contributed by atoms with Crippen molar-refractivity contribution in [2.24, 2.45) is 4.99 Å². The van der Waals surface area contributed by atoms with Crippen molar-refractivity contribution in [3.8, 4) is 5.75 Å². The van der Waals surface area contributed by atoms with E-state index in [4.69, 9.17) is 9.47 Å². The Kier molecular flexibility index (Phi) is 7.03. The molecule has 2 aromatic carbocycles. The standard InChI is InChI=1S/C22H27N3O3/c1-3-16-9-11-17(12-10-16)21(26)25-22(23-15-20-8-5-13-28-20)24-18-6-4-7-19(14-18)27-2/h4,6-7,9-12,14,20H,3,5,8,13,15H2,1-2H3,(H2,23,24,25,26)/t20-/m1/s1. The van der Waals surface area contributed by atoms with Crippen LogP contribution in [0.5, 0.6) is 5.75 Å². The summed E-state index contributed by atoms with van der Waals surface area (Å²) >= 11 is 0. The number of hydrogen-bond donors (Lipinski definition) is 2. The topological polar surface area (TPSA) is 72.0 Å². The number of anilines is 1. The largest absolute Gasteiger partial charge is 0.497 e.